The van der Waals surface area contributed by atoms with Gasteiger partial charge >= 0.3 is 0 Å². The number of anilines is 3. The molecule has 10 aromatic rings. The summed E-state index contributed by atoms with van der Waals surface area (Å²) in [5, 5.41) is 10.2. The molecule has 0 saturated carbocycles. The molecular weight excluding hydrogens is 623 g/mol. The fourth-order valence-corrected chi connectivity index (χ4v) is 8.83. The molecule has 0 aliphatic heterocycles. The molecule has 0 N–H and O–H groups in total. The fraction of sp³-hybridized carbons (Fsp3) is 0. The molecule has 50 heavy (non-hydrogen) atoms. The highest BCUT2D eigenvalue weighted by Crippen LogP contribution is 2.45. The van der Waals surface area contributed by atoms with Crippen molar-refractivity contribution in [1.29, 1.82) is 0 Å². The molecule has 2 heteroatoms. The number of thiophene rings is 1. The molecule has 10 rings (SSSR count). The SMILES string of the molecule is c1cc(-c2ccc(N(c3ccc4c(ccc5ccccc54)c3)c3cccc4c3sc3ccccc34)cc2)cc(-c2cccc3ccccc23)c1. The Hall–Kier alpha value is -6.22. The minimum atomic E-state index is 1.13. The summed E-state index contributed by atoms with van der Waals surface area (Å²) in [5.74, 6) is 0. The molecular formula is C48H31NS. The van der Waals surface area contributed by atoms with Gasteiger partial charge in [-0.15, -0.1) is 11.3 Å². The Kier molecular flexibility index (Phi) is 6.75. The van der Waals surface area contributed by atoms with Gasteiger partial charge in [-0.25, -0.2) is 0 Å². The molecule has 9 aromatic carbocycles. The van der Waals surface area contributed by atoms with Gasteiger partial charge in [-0.2, -0.15) is 0 Å². The largest absolute Gasteiger partial charge is 0.309 e. The zero-order chi connectivity index (χ0) is 33.0. The van der Waals surface area contributed by atoms with Gasteiger partial charge in [0.05, 0.1) is 10.4 Å². The van der Waals surface area contributed by atoms with Crippen LogP contribution in [0.5, 0.6) is 0 Å². The third kappa shape index (κ3) is 4.76. The molecule has 234 valence electrons. The lowest BCUT2D eigenvalue weighted by Crippen LogP contribution is -2.10. The van der Waals surface area contributed by atoms with Crippen molar-refractivity contribution >= 4 is 80.9 Å². The first kappa shape index (κ1) is 28.8. The van der Waals surface area contributed by atoms with Gasteiger partial charge in [-0.05, 0) is 97.0 Å². The van der Waals surface area contributed by atoms with Gasteiger partial charge in [0.25, 0.3) is 0 Å². The summed E-state index contributed by atoms with van der Waals surface area (Å²) in [4.78, 5) is 2.43. The van der Waals surface area contributed by atoms with Crippen molar-refractivity contribution in [3.05, 3.63) is 188 Å². The van der Waals surface area contributed by atoms with Crippen molar-refractivity contribution in [2.24, 2.45) is 0 Å². The van der Waals surface area contributed by atoms with E-state index >= 15 is 0 Å². The number of benzene rings is 9. The zero-order valence-electron chi connectivity index (χ0n) is 27.3. The molecule has 0 amide bonds. The summed E-state index contributed by atoms with van der Waals surface area (Å²) in [6.07, 6.45) is 0. The Morgan fingerprint density at radius 3 is 1.84 bits per heavy atom. The number of hydrogen-bond donors (Lipinski definition) is 0. The Labute approximate surface area is 294 Å². The summed E-state index contributed by atoms with van der Waals surface area (Å²) in [6.45, 7) is 0. The van der Waals surface area contributed by atoms with E-state index in [4.69, 9.17) is 0 Å². The maximum Gasteiger partial charge on any atom is 0.0640 e. The minimum Gasteiger partial charge on any atom is -0.309 e. The minimum absolute atomic E-state index is 1.13. The van der Waals surface area contributed by atoms with Gasteiger partial charge in [0.1, 0.15) is 0 Å². The van der Waals surface area contributed by atoms with Crippen molar-refractivity contribution in [2.45, 2.75) is 0 Å². The molecule has 1 nitrogen and oxygen atoms in total. The Morgan fingerprint density at radius 1 is 0.340 bits per heavy atom. The zero-order valence-corrected chi connectivity index (χ0v) is 28.1. The van der Waals surface area contributed by atoms with Crippen molar-refractivity contribution in [2.75, 3.05) is 4.90 Å². The molecule has 1 aromatic heterocycles. The monoisotopic (exact) mass is 653 g/mol. The first-order valence-corrected chi connectivity index (χ1v) is 17.9. The summed E-state index contributed by atoms with van der Waals surface area (Å²) >= 11 is 1.87. The third-order valence-electron chi connectivity index (χ3n) is 10.0. The van der Waals surface area contributed by atoms with Crippen LogP contribution in [-0.4, -0.2) is 0 Å². The molecule has 0 atom stereocenters. The first-order valence-electron chi connectivity index (χ1n) is 17.1. The van der Waals surface area contributed by atoms with Crippen molar-refractivity contribution in [3.63, 3.8) is 0 Å². The lowest BCUT2D eigenvalue weighted by atomic mass is 9.95. The van der Waals surface area contributed by atoms with Gasteiger partial charge in [0, 0.05) is 26.8 Å². The van der Waals surface area contributed by atoms with Gasteiger partial charge in [0.15, 0.2) is 0 Å². The quantitative estimate of drug-likeness (QED) is 0.167. The maximum atomic E-state index is 2.43. The predicted octanol–water partition coefficient (Wildman–Crippen LogP) is 14.3. The van der Waals surface area contributed by atoms with E-state index in [1.54, 1.807) is 0 Å². The molecule has 0 aliphatic carbocycles. The molecule has 0 spiro atoms. The van der Waals surface area contributed by atoms with Crippen LogP contribution in [0.1, 0.15) is 0 Å². The topological polar surface area (TPSA) is 3.24 Å². The molecule has 0 unspecified atom stereocenters. The molecule has 0 saturated heterocycles. The van der Waals surface area contributed by atoms with E-state index in [0.29, 0.717) is 0 Å². The van der Waals surface area contributed by atoms with Crippen LogP contribution in [0.4, 0.5) is 17.1 Å². The summed E-state index contributed by atoms with van der Waals surface area (Å²) in [7, 11) is 0. The van der Waals surface area contributed by atoms with E-state index in [-0.39, 0.29) is 0 Å². The maximum absolute atomic E-state index is 2.43. The Morgan fingerprint density at radius 2 is 0.960 bits per heavy atom. The van der Waals surface area contributed by atoms with Crippen molar-refractivity contribution < 1.29 is 0 Å². The Balaban J connectivity index is 1.11. The van der Waals surface area contributed by atoms with Gasteiger partial charge in [-0.1, -0.05) is 146 Å². The number of hydrogen-bond acceptors (Lipinski definition) is 2. The normalized spacial score (nSPS) is 11.6. The van der Waals surface area contributed by atoms with E-state index in [9.17, 15) is 0 Å². The summed E-state index contributed by atoms with van der Waals surface area (Å²) in [5.41, 5.74) is 8.35. The van der Waals surface area contributed by atoms with Crippen LogP contribution in [0.15, 0.2) is 188 Å². The lowest BCUT2D eigenvalue weighted by molar-refractivity contribution is 1.31. The average Bonchev–Trinajstić information content (AvgIpc) is 3.57. The predicted molar refractivity (Wildman–Crippen MR) is 217 cm³/mol. The van der Waals surface area contributed by atoms with Gasteiger partial charge < -0.3 is 4.90 Å². The molecule has 0 aliphatic rings. The highest BCUT2D eigenvalue weighted by molar-refractivity contribution is 7.26. The molecule has 0 radical (unpaired) electrons. The van der Waals surface area contributed by atoms with E-state index in [2.05, 4.69) is 193 Å². The fourth-order valence-electron chi connectivity index (χ4n) is 7.62. The van der Waals surface area contributed by atoms with Crippen LogP contribution in [-0.2, 0) is 0 Å². The molecule has 0 fully saturated rings. The van der Waals surface area contributed by atoms with Crippen LogP contribution in [0.25, 0.3) is 74.7 Å². The summed E-state index contributed by atoms with van der Waals surface area (Å²) in [6, 6.07) is 68.7. The number of rotatable bonds is 5. The van der Waals surface area contributed by atoms with Crippen LogP contribution in [0.2, 0.25) is 0 Å². The number of fused-ring (bicyclic) bond motifs is 7. The van der Waals surface area contributed by atoms with Crippen LogP contribution < -0.4 is 4.90 Å². The average molecular weight is 654 g/mol. The van der Waals surface area contributed by atoms with Crippen LogP contribution in [0, 0.1) is 0 Å². The first-order chi connectivity index (χ1) is 24.8. The summed E-state index contributed by atoms with van der Waals surface area (Å²) < 4.78 is 2.60. The third-order valence-corrected chi connectivity index (χ3v) is 11.2. The van der Waals surface area contributed by atoms with Gasteiger partial charge in [0.2, 0.25) is 0 Å². The number of nitrogens with zero attached hydrogens (tertiary/aromatic N) is 1. The highest BCUT2D eigenvalue weighted by Gasteiger charge is 2.19. The Bertz CT molecular complexity index is 2870. The molecule has 1 heterocycles. The van der Waals surface area contributed by atoms with Crippen molar-refractivity contribution in [3.8, 4) is 22.3 Å². The van der Waals surface area contributed by atoms with E-state index < -0.39 is 0 Å². The van der Waals surface area contributed by atoms with Crippen molar-refractivity contribution in [1.82, 2.24) is 0 Å². The lowest BCUT2D eigenvalue weighted by Gasteiger charge is -2.27. The standard InChI is InChI=1S/C48H31NS/c1-3-15-40-33(10-1)12-8-18-42(40)36-14-7-13-35(30-36)32-24-26-38(27-25-32)49(46-20-9-19-45-44-17-5-6-21-47(44)50-48(45)46)39-28-29-43-37(31-39)23-22-34-11-2-4-16-41(34)43/h1-31H. The van der Waals surface area contributed by atoms with Crippen LogP contribution >= 0.6 is 11.3 Å². The smallest absolute Gasteiger partial charge is 0.0640 e. The van der Waals surface area contributed by atoms with E-state index in [1.165, 1.54) is 80.4 Å². The van der Waals surface area contributed by atoms with Gasteiger partial charge in [-0.3, -0.25) is 0 Å². The van der Waals surface area contributed by atoms with E-state index in [1.807, 2.05) is 11.3 Å². The highest BCUT2D eigenvalue weighted by atomic mass is 32.1. The second kappa shape index (κ2) is 11.7. The van der Waals surface area contributed by atoms with E-state index in [0.717, 1.165) is 11.4 Å². The second-order valence-electron chi connectivity index (χ2n) is 12.9. The molecule has 0 bridgehead atoms. The van der Waals surface area contributed by atoms with Crippen LogP contribution in [0.3, 0.4) is 0 Å². The second-order valence-corrected chi connectivity index (χ2v) is 14.0.